The van der Waals surface area contributed by atoms with Crippen LogP contribution in [-0.2, 0) is 14.8 Å². The van der Waals surface area contributed by atoms with E-state index in [0.717, 1.165) is 0 Å². The first-order chi connectivity index (χ1) is 9.71. The SMILES string of the molecule is CCS(=O)(=O)N/N=C(\C)CC1OC(CO)[C@@H](O)[C@H](O)[C@H]1O. The van der Waals surface area contributed by atoms with Crippen molar-refractivity contribution >= 4 is 15.7 Å². The maximum Gasteiger partial charge on any atom is 0.247 e. The summed E-state index contributed by atoms with van der Waals surface area (Å²) in [6.45, 7) is 2.48. The summed E-state index contributed by atoms with van der Waals surface area (Å²) in [5.41, 5.74) is 0.330. The predicted molar refractivity (Wildman–Crippen MR) is 74.1 cm³/mol. The Hall–Kier alpha value is -0.780. The maximum atomic E-state index is 11.2. The second-order valence-electron chi connectivity index (χ2n) is 4.91. The van der Waals surface area contributed by atoms with Crippen molar-refractivity contribution in [2.24, 2.45) is 5.10 Å². The van der Waals surface area contributed by atoms with E-state index in [9.17, 15) is 23.7 Å². The van der Waals surface area contributed by atoms with Crippen LogP contribution in [0.15, 0.2) is 5.10 Å². The molecular formula is C11H22N2O7S. The minimum absolute atomic E-state index is 0.0354. The highest BCUT2D eigenvalue weighted by Gasteiger charge is 2.43. The van der Waals surface area contributed by atoms with Crippen LogP contribution in [0.4, 0.5) is 0 Å². The summed E-state index contributed by atoms with van der Waals surface area (Å²) in [5.74, 6) is -0.121. The first kappa shape index (κ1) is 18.3. The molecule has 1 rings (SSSR count). The van der Waals surface area contributed by atoms with Crippen LogP contribution in [0.5, 0.6) is 0 Å². The number of nitrogens with one attached hydrogen (secondary N) is 1. The number of hydrazone groups is 1. The highest BCUT2D eigenvalue weighted by atomic mass is 32.2. The first-order valence-corrected chi connectivity index (χ1v) is 8.20. The number of hydrogen-bond donors (Lipinski definition) is 5. The van der Waals surface area contributed by atoms with Gasteiger partial charge in [0.25, 0.3) is 0 Å². The number of sulfonamides is 1. The molecule has 0 aromatic carbocycles. The van der Waals surface area contributed by atoms with Crippen molar-refractivity contribution < 1.29 is 33.6 Å². The fraction of sp³-hybridized carbons (Fsp3) is 0.909. The first-order valence-electron chi connectivity index (χ1n) is 6.55. The Bertz CT molecular complexity index is 465. The monoisotopic (exact) mass is 326 g/mol. The van der Waals surface area contributed by atoms with Crippen LogP contribution >= 0.6 is 0 Å². The van der Waals surface area contributed by atoms with Crippen molar-refractivity contribution in [1.82, 2.24) is 4.83 Å². The summed E-state index contributed by atoms with van der Waals surface area (Å²) >= 11 is 0. The van der Waals surface area contributed by atoms with Crippen molar-refractivity contribution in [3.8, 4) is 0 Å². The van der Waals surface area contributed by atoms with Gasteiger partial charge >= 0.3 is 0 Å². The van der Waals surface area contributed by atoms with Crippen LogP contribution < -0.4 is 4.83 Å². The molecule has 0 spiro atoms. The van der Waals surface area contributed by atoms with Crippen LogP contribution in [-0.4, -0.2) is 77.4 Å². The molecule has 0 aromatic heterocycles. The lowest BCUT2D eigenvalue weighted by Gasteiger charge is -2.40. The molecule has 9 nitrogen and oxygen atoms in total. The van der Waals surface area contributed by atoms with Gasteiger partial charge in [-0.2, -0.15) is 5.10 Å². The van der Waals surface area contributed by atoms with E-state index in [1.165, 1.54) is 13.8 Å². The molecule has 0 aromatic rings. The standard InChI is InChI=1S/C11H22N2O7S/c1-3-21(18,19)13-12-6(2)4-7-9(15)11(17)10(16)8(5-14)20-7/h7-11,13-17H,3-5H2,1-2H3/b12-6+/t7?,8?,9-,10+,11+/m0/s1. The lowest BCUT2D eigenvalue weighted by Crippen LogP contribution is -2.58. The van der Waals surface area contributed by atoms with Gasteiger partial charge in [0, 0.05) is 12.1 Å². The molecule has 5 N–H and O–H groups in total. The van der Waals surface area contributed by atoms with Crippen LogP contribution in [0.3, 0.4) is 0 Å². The summed E-state index contributed by atoms with van der Waals surface area (Å²) < 4.78 is 27.8. The molecular weight excluding hydrogens is 304 g/mol. The lowest BCUT2D eigenvalue weighted by atomic mass is 9.93. The highest BCUT2D eigenvalue weighted by molar-refractivity contribution is 7.89. The molecule has 1 saturated heterocycles. The van der Waals surface area contributed by atoms with E-state index in [4.69, 9.17) is 9.84 Å². The van der Waals surface area contributed by atoms with Gasteiger partial charge in [-0.3, -0.25) is 0 Å². The molecule has 0 radical (unpaired) electrons. The van der Waals surface area contributed by atoms with Gasteiger partial charge in [-0.15, -0.1) is 0 Å². The van der Waals surface area contributed by atoms with E-state index in [1.54, 1.807) is 0 Å². The molecule has 0 bridgehead atoms. The second-order valence-corrected chi connectivity index (χ2v) is 6.90. The van der Waals surface area contributed by atoms with Crippen LogP contribution in [0.1, 0.15) is 20.3 Å². The molecule has 0 amide bonds. The largest absolute Gasteiger partial charge is 0.394 e. The van der Waals surface area contributed by atoms with Crippen molar-refractivity contribution in [3.05, 3.63) is 0 Å². The van der Waals surface area contributed by atoms with Crippen LogP contribution in [0.2, 0.25) is 0 Å². The topological polar surface area (TPSA) is 149 Å². The molecule has 21 heavy (non-hydrogen) atoms. The summed E-state index contributed by atoms with van der Waals surface area (Å²) in [6, 6.07) is 0. The van der Waals surface area contributed by atoms with Crippen LogP contribution in [0, 0.1) is 0 Å². The molecule has 1 fully saturated rings. The van der Waals surface area contributed by atoms with Gasteiger partial charge in [0.2, 0.25) is 10.0 Å². The normalized spacial score (nSPS) is 34.8. The van der Waals surface area contributed by atoms with Gasteiger partial charge < -0.3 is 25.2 Å². The third kappa shape index (κ3) is 4.87. The number of nitrogens with zero attached hydrogens (tertiary/aromatic N) is 1. The zero-order chi connectivity index (χ0) is 16.2. The highest BCUT2D eigenvalue weighted by Crippen LogP contribution is 2.23. The van der Waals surface area contributed by atoms with Crippen molar-refractivity contribution in [2.75, 3.05) is 12.4 Å². The Morgan fingerprint density at radius 3 is 2.29 bits per heavy atom. The van der Waals surface area contributed by atoms with Gasteiger partial charge in [0.05, 0.1) is 18.5 Å². The summed E-state index contributed by atoms with van der Waals surface area (Å²) in [4.78, 5) is 2.02. The zero-order valence-electron chi connectivity index (χ0n) is 11.9. The quantitative estimate of drug-likeness (QED) is 0.268. The number of hydrogen-bond acceptors (Lipinski definition) is 8. The Morgan fingerprint density at radius 1 is 1.19 bits per heavy atom. The molecule has 0 saturated carbocycles. The molecule has 1 heterocycles. The predicted octanol–water partition coefficient (Wildman–Crippen LogP) is -2.47. The Balaban J connectivity index is 2.70. The summed E-state index contributed by atoms with van der Waals surface area (Å²) in [6.07, 6.45) is -6.11. The second kappa shape index (κ2) is 7.47. The van der Waals surface area contributed by atoms with Gasteiger partial charge in [0.15, 0.2) is 0 Å². The molecule has 1 aliphatic heterocycles. The smallest absolute Gasteiger partial charge is 0.247 e. The van der Waals surface area contributed by atoms with E-state index in [-0.39, 0.29) is 12.2 Å². The van der Waals surface area contributed by atoms with Gasteiger partial charge in [-0.1, -0.05) is 0 Å². The number of aliphatic hydroxyl groups excluding tert-OH is 4. The van der Waals surface area contributed by atoms with Gasteiger partial charge in [-0.05, 0) is 13.8 Å². The average molecular weight is 326 g/mol. The Labute approximate surface area is 123 Å². The minimum Gasteiger partial charge on any atom is -0.394 e. The van der Waals surface area contributed by atoms with Crippen LogP contribution in [0.25, 0.3) is 0 Å². The fourth-order valence-electron chi connectivity index (χ4n) is 1.90. The third-order valence-electron chi connectivity index (χ3n) is 3.24. The Morgan fingerprint density at radius 2 is 1.76 bits per heavy atom. The van der Waals surface area contributed by atoms with Crippen molar-refractivity contribution in [2.45, 2.75) is 50.8 Å². The Kier molecular flexibility index (Phi) is 6.50. The van der Waals surface area contributed by atoms with Gasteiger partial charge in [0.1, 0.15) is 24.4 Å². The molecule has 1 aliphatic rings. The van der Waals surface area contributed by atoms with E-state index >= 15 is 0 Å². The van der Waals surface area contributed by atoms with E-state index < -0.39 is 47.2 Å². The van der Waals surface area contributed by atoms with E-state index in [2.05, 4.69) is 5.10 Å². The zero-order valence-corrected chi connectivity index (χ0v) is 12.7. The maximum absolute atomic E-state index is 11.2. The van der Waals surface area contributed by atoms with Gasteiger partial charge in [-0.25, -0.2) is 13.2 Å². The van der Waals surface area contributed by atoms with Crippen molar-refractivity contribution in [1.29, 1.82) is 0 Å². The molecule has 0 aliphatic carbocycles. The molecule has 5 atom stereocenters. The average Bonchev–Trinajstić information content (AvgIpc) is 2.46. The molecule has 124 valence electrons. The van der Waals surface area contributed by atoms with E-state index in [1.807, 2.05) is 4.83 Å². The van der Waals surface area contributed by atoms with E-state index in [0.29, 0.717) is 5.71 Å². The summed E-state index contributed by atoms with van der Waals surface area (Å²) in [5, 5.41) is 41.8. The summed E-state index contributed by atoms with van der Waals surface area (Å²) in [7, 11) is -3.47. The number of rotatable bonds is 6. The number of ether oxygens (including phenoxy) is 1. The lowest BCUT2D eigenvalue weighted by molar-refractivity contribution is -0.227. The number of aliphatic hydroxyl groups is 4. The van der Waals surface area contributed by atoms with Crippen molar-refractivity contribution in [3.63, 3.8) is 0 Å². The fourth-order valence-corrected chi connectivity index (χ4v) is 2.32. The molecule has 2 unspecified atom stereocenters. The third-order valence-corrected chi connectivity index (χ3v) is 4.37. The molecule has 10 heteroatoms. The minimum atomic E-state index is -3.47.